The zero-order valence-electron chi connectivity index (χ0n) is 15.6. The molecule has 1 atom stereocenters. The van der Waals surface area contributed by atoms with Crippen LogP contribution in [0, 0.1) is 0 Å². The van der Waals surface area contributed by atoms with Crippen molar-refractivity contribution in [3.05, 3.63) is 30.5 Å². The molecule has 0 aliphatic carbocycles. The van der Waals surface area contributed by atoms with E-state index in [1.54, 1.807) is 0 Å². The molecule has 0 saturated carbocycles. The molecule has 7 heteroatoms. The third-order valence-electron chi connectivity index (χ3n) is 5.68. The zero-order chi connectivity index (χ0) is 18.9. The molecular formula is C20H26N4O3. The van der Waals surface area contributed by atoms with Crippen LogP contribution >= 0.6 is 0 Å². The fourth-order valence-electron chi connectivity index (χ4n) is 4.12. The lowest BCUT2D eigenvalue weighted by Crippen LogP contribution is -2.48. The number of likely N-dealkylation sites (tertiary alicyclic amines) is 1. The highest BCUT2D eigenvalue weighted by Crippen LogP contribution is 2.38. The molecule has 2 aliphatic rings. The zero-order valence-corrected chi connectivity index (χ0v) is 15.6. The van der Waals surface area contributed by atoms with Gasteiger partial charge >= 0.3 is 6.03 Å². The number of hydrogen-bond donors (Lipinski definition) is 3. The lowest BCUT2D eigenvalue weighted by Gasteiger charge is -2.39. The number of H-pyrrole nitrogens is 1. The number of carbonyl (C=O) groups is 2. The number of nitrogens with one attached hydrogen (secondary N) is 3. The van der Waals surface area contributed by atoms with Crippen LogP contribution in [0.1, 0.15) is 32.6 Å². The van der Waals surface area contributed by atoms with Gasteiger partial charge in [-0.25, -0.2) is 4.79 Å². The molecule has 144 valence electrons. The molecule has 2 aliphatic heterocycles. The van der Waals surface area contributed by atoms with E-state index in [2.05, 4.69) is 15.6 Å². The summed E-state index contributed by atoms with van der Waals surface area (Å²) in [5, 5.41) is 6.91. The van der Waals surface area contributed by atoms with Gasteiger partial charge in [0.15, 0.2) is 0 Å². The number of ether oxygens (including phenoxy) is 1. The first-order valence-electron chi connectivity index (χ1n) is 9.58. The minimum absolute atomic E-state index is 0.0242. The average Bonchev–Trinajstić information content (AvgIpc) is 3.27. The highest BCUT2D eigenvalue weighted by atomic mass is 16.5. The monoisotopic (exact) mass is 370 g/mol. The second kappa shape index (κ2) is 7.23. The summed E-state index contributed by atoms with van der Waals surface area (Å²) in [6, 6.07) is 7.78. The molecule has 27 heavy (non-hydrogen) atoms. The topological polar surface area (TPSA) is 86.5 Å². The molecule has 1 spiro atoms. The van der Waals surface area contributed by atoms with Crippen LogP contribution in [0.2, 0.25) is 0 Å². The van der Waals surface area contributed by atoms with Crippen LogP contribution in [-0.2, 0) is 9.53 Å². The van der Waals surface area contributed by atoms with Gasteiger partial charge in [0.05, 0.1) is 11.7 Å². The summed E-state index contributed by atoms with van der Waals surface area (Å²) in [5.41, 5.74) is 1.73. The molecule has 1 aromatic heterocycles. The second-order valence-corrected chi connectivity index (χ2v) is 7.60. The summed E-state index contributed by atoms with van der Waals surface area (Å²) < 4.78 is 6.25. The maximum Gasteiger partial charge on any atom is 0.321 e. The Bertz CT molecular complexity index is 839. The molecule has 2 saturated heterocycles. The summed E-state index contributed by atoms with van der Waals surface area (Å²) in [7, 11) is 0. The van der Waals surface area contributed by atoms with Gasteiger partial charge in [-0.1, -0.05) is 0 Å². The van der Waals surface area contributed by atoms with Gasteiger partial charge in [0.2, 0.25) is 5.91 Å². The highest BCUT2D eigenvalue weighted by molar-refractivity contribution is 5.92. The molecule has 2 fully saturated rings. The van der Waals surface area contributed by atoms with E-state index in [1.807, 2.05) is 35.4 Å². The van der Waals surface area contributed by atoms with Gasteiger partial charge in [0.25, 0.3) is 0 Å². The highest BCUT2D eigenvalue weighted by Gasteiger charge is 2.43. The molecule has 0 bridgehead atoms. The Balaban J connectivity index is 1.29. The number of nitrogens with zero attached hydrogens (tertiary/aromatic N) is 1. The minimum Gasteiger partial charge on any atom is -0.370 e. The standard InChI is InChI=1S/C20H26N4O3/c1-14(25)22-13-17-4-6-20(27-17)7-10-24(11-8-20)19(26)23-16-2-3-18-15(12-16)5-9-21-18/h2-3,5,9,12,17,21H,4,6-8,10-11,13H2,1H3,(H,22,25)(H,23,26)/t17-/m1/s1. The van der Waals surface area contributed by atoms with Crippen molar-refractivity contribution >= 4 is 28.5 Å². The van der Waals surface area contributed by atoms with Crippen LogP contribution in [0.5, 0.6) is 0 Å². The van der Waals surface area contributed by atoms with E-state index in [-0.39, 0.29) is 23.6 Å². The first-order valence-corrected chi connectivity index (χ1v) is 9.58. The summed E-state index contributed by atoms with van der Waals surface area (Å²) in [6.07, 6.45) is 5.62. The summed E-state index contributed by atoms with van der Waals surface area (Å²) in [4.78, 5) is 28.7. The number of hydrogen-bond acceptors (Lipinski definition) is 3. The number of amides is 3. The number of aromatic amines is 1. The lowest BCUT2D eigenvalue weighted by atomic mass is 9.88. The summed E-state index contributed by atoms with van der Waals surface area (Å²) >= 11 is 0. The first-order chi connectivity index (χ1) is 13.0. The number of carbonyl (C=O) groups excluding carboxylic acids is 2. The van der Waals surface area contributed by atoms with Crippen molar-refractivity contribution in [1.29, 1.82) is 0 Å². The number of benzene rings is 1. The van der Waals surface area contributed by atoms with Gasteiger partial charge in [0.1, 0.15) is 0 Å². The van der Waals surface area contributed by atoms with Crippen LogP contribution in [0.4, 0.5) is 10.5 Å². The van der Waals surface area contributed by atoms with E-state index in [1.165, 1.54) is 6.92 Å². The van der Waals surface area contributed by atoms with Crippen LogP contribution in [0.25, 0.3) is 10.9 Å². The van der Waals surface area contributed by atoms with Crippen molar-refractivity contribution in [2.45, 2.75) is 44.3 Å². The van der Waals surface area contributed by atoms with Gasteiger partial charge in [-0.15, -0.1) is 0 Å². The van der Waals surface area contributed by atoms with Crippen molar-refractivity contribution in [1.82, 2.24) is 15.2 Å². The van der Waals surface area contributed by atoms with E-state index < -0.39 is 0 Å². The van der Waals surface area contributed by atoms with Crippen molar-refractivity contribution in [2.24, 2.45) is 0 Å². The van der Waals surface area contributed by atoms with Crippen LogP contribution in [0.15, 0.2) is 30.5 Å². The summed E-state index contributed by atoms with van der Waals surface area (Å²) in [5.74, 6) is -0.0242. The Morgan fingerprint density at radius 2 is 2.07 bits per heavy atom. The Morgan fingerprint density at radius 3 is 2.85 bits per heavy atom. The molecule has 0 unspecified atom stereocenters. The van der Waals surface area contributed by atoms with Gasteiger partial charge < -0.3 is 25.3 Å². The molecule has 3 N–H and O–H groups in total. The smallest absolute Gasteiger partial charge is 0.321 e. The van der Waals surface area contributed by atoms with Crippen LogP contribution in [0.3, 0.4) is 0 Å². The maximum absolute atomic E-state index is 12.6. The summed E-state index contributed by atoms with van der Waals surface area (Å²) in [6.45, 7) is 3.47. The van der Waals surface area contributed by atoms with Gasteiger partial charge in [0, 0.05) is 49.3 Å². The molecule has 3 amide bonds. The molecular weight excluding hydrogens is 344 g/mol. The van der Waals surface area contributed by atoms with Gasteiger partial charge in [-0.05, 0) is 49.9 Å². The molecule has 4 rings (SSSR count). The molecule has 3 heterocycles. The van der Waals surface area contributed by atoms with Crippen molar-refractivity contribution < 1.29 is 14.3 Å². The largest absolute Gasteiger partial charge is 0.370 e. The average molecular weight is 370 g/mol. The molecule has 0 radical (unpaired) electrons. The fourth-order valence-corrected chi connectivity index (χ4v) is 4.12. The van der Waals surface area contributed by atoms with Crippen LogP contribution < -0.4 is 10.6 Å². The van der Waals surface area contributed by atoms with Crippen molar-refractivity contribution in [3.8, 4) is 0 Å². The normalized spacial score (nSPS) is 21.5. The van der Waals surface area contributed by atoms with E-state index in [9.17, 15) is 9.59 Å². The van der Waals surface area contributed by atoms with E-state index in [4.69, 9.17) is 4.74 Å². The van der Waals surface area contributed by atoms with Crippen LogP contribution in [-0.4, -0.2) is 53.2 Å². The lowest BCUT2D eigenvalue weighted by molar-refractivity contribution is -0.120. The second-order valence-electron chi connectivity index (χ2n) is 7.60. The number of piperidine rings is 1. The van der Waals surface area contributed by atoms with Crippen molar-refractivity contribution in [2.75, 3.05) is 25.0 Å². The number of fused-ring (bicyclic) bond motifs is 1. The number of urea groups is 1. The number of rotatable bonds is 3. The Morgan fingerprint density at radius 1 is 1.26 bits per heavy atom. The quantitative estimate of drug-likeness (QED) is 0.776. The predicted octanol–water partition coefficient (Wildman–Crippen LogP) is 2.85. The maximum atomic E-state index is 12.6. The Kier molecular flexibility index (Phi) is 4.78. The molecule has 2 aromatic rings. The molecule has 1 aromatic carbocycles. The van der Waals surface area contributed by atoms with E-state index in [0.29, 0.717) is 19.6 Å². The number of aromatic nitrogens is 1. The third kappa shape index (κ3) is 3.93. The fraction of sp³-hybridized carbons (Fsp3) is 0.500. The first kappa shape index (κ1) is 17.9. The Hall–Kier alpha value is -2.54. The third-order valence-corrected chi connectivity index (χ3v) is 5.68. The minimum atomic E-state index is -0.135. The van der Waals surface area contributed by atoms with Gasteiger partial charge in [-0.3, -0.25) is 4.79 Å². The predicted molar refractivity (Wildman–Crippen MR) is 104 cm³/mol. The molecule has 7 nitrogen and oxygen atoms in total. The SMILES string of the molecule is CC(=O)NC[C@H]1CCC2(CCN(C(=O)Nc3ccc4[nH]ccc4c3)CC2)O1. The van der Waals surface area contributed by atoms with E-state index >= 15 is 0 Å². The Labute approximate surface area is 158 Å². The van der Waals surface area contributed by atoms with Crippen molar-refractivity contribution in [3.63, 3.8) is 0 Å². The van der Waals surface area contributed by atoms with Gasteiger partial charge in [-0.2, -0.15) is 0 Å². The van der Waals surface area contributed by atoms with E-state index in [0.717, 1.165) is 42.3 Å². The number of anilines is 1.